The summed E-state index contributed by atoms with van der Waals surface area (Å²) in [6.45, 7) is 1.20. The molecule has 2 heterocycles. The summed E-state index contributed by atoms with van der Waals surface area (Å²) >= 11 is 0. The molecule has 2 N–H and O–H groups in total. The maximum absolute atomic E-state index is 11.5. The van der Waals surface area contributed by atoms with Crippen LogP contribution in [-0.4, -0.2) is 27.6 Å². The molecule has 15 heavy (non-hydrogen) atoms. The highest BCUT2D eigenvalue weighted by Gasteiger charge is 2.47. The van der Waals surface area contributed by atoms with E-state index in [1.807, 2.05) is 0 Å². The third-order valence-corrected chi connectivity index (χ3v) is 2.16. The van der Waals surface area contributed by atoms with E-state index in [-0.39, 0.29) is 11.6 Å². The van der Waals surface area contributed by atoms with Crippen LogP contribution in [0.1, 0.15) is 6.92 Å². The SMILES string of the molecule is C[C@@]1(C(=O)O)Oc2cccnc2NC1=O. The normalized spacial score (nSPS) is 23.7. The minimum Gasteiger partial charge on any atom is -0.478 e. The summed E-state index contributed by atoms with van der Waals surface area (Å²) in [5, 5.41) is 11.3. The number of hydrogen-bond acceptors (Lipinski definition) is 4. The van der Waals surface area contributed by atoms with Gasteiger partial charge in [0, 0.05) is 6.20 Å². The van der Waals surface area contributed by atoms with Gasteiger partial charge in [-0.2, -0.15) is 0 Å². The fourth-order valence-corrected chi connectivity index (χ4v) is 1.20. The third-order valence-electron chi connectivity index (χ3n) is 2.16. The maximum Gasteiger partial charge on any atom is 0.357 e. The zero-order valence-corrected chi connectivity index (χ0v) is 7.85. The van der Waals surface area contributed by atoms with Gasteiger partial charge in [-0.05, 0) is 19.1 Å². The molecule has 0 bridgehead atoms. The average Bonchev–Trinajstić information content (AvgIpc) is 2.19. The van der Waals surface area contributed by atoms with Gasteiger partial charge in [-0.25, -0.2) is 9.78 Å². The number of rotatable bonds is 1. The van der Waals surface area contributed by atoms with Crippen molar-refractivity contribution in [3.8, 4) is 5.75 Å². The number of carboxylic acids is 1. The molecular weight excluding hydrogens is 200 g/mol. The lowest BCUT2D eigenvalue weighted by molar-refractivity contribution is -0.159. The Labute approximate surface area is 84.9 Å². The topological polar surface area (TPSA) is 88.5 Å². The molecule has 78 valence electrons. The summed E-state index contributed by atoms with van der Waals surface area (Å²) in [6.07, 6.45) is 1.48. The highest BCUT2D eigenvalue weighted by molar-refractivity contribution is 6.12. The Bertz CT molecular complexity index is 445. The number of ether oxygens (including phenoxy) is 1. The fraction of sp³-hybridized carbons (Fsp3) is 0.222. The molecule has 6 nitrogen and oxygen atoms in total. The molecule has 1 aromatic rings. The van der Waals surface area contributed by atoms with Crippen LogP contribution < -0.4 is 10.1 Å². The third kappa shape index (κ3) is 1.30. The van der Waals surface area contributed by atoms with E-state index in [1.54, 1.807) is 12.1 Å². The highest BCUT2D eigenvalue weighted by Crippen LogP contribution is 2.31. The van der Waals surface area contributed by atoms with Crippen LogP contribution in [0.15, 0.2) is 18.3 Å². The molecule has 0 fully saturated rings. The first kappa shape index (κ1) is 9.45. The van der Waals surface area contributed by atoms with Gasteiger partial charge >= 0.3 is 5.97 Å². The van der Waals surface area contributed by atoms with Crippen molar-refractivity contribution in [2.24, 2.45) is 0 Å². The summed E-state index contributed by atoms with van der Waals surface area (Å²) in [6, 6.07) is 3.14. The highest BCUT2D eigenvalue weighted by atomic mass is 16.5. The molecular formula is C9H8N2O4. The van der Waals surface area contributed by atoms with E-state index < -0.39 is 17.5 Å². The minimum absolute atomic E-state index is 0.237. The van der Waals surface area contributed by atoms with Gasteiger partial charge in [-0.15, -0.1) is 0 Å². The van der Waals surface area contributed by atoms with E-state index in [4.69, 9.17) is 9.84 Å². The molecule has 0 saturated heterocycles. The summed E-state index contributed by atoms with van der Waals surface area (Å²) in [4.78, 5) is 26.2. The van der Waals surface area contributed by atoms with Crippen LogP contribution in [0.2, 0.25) is 0 Å². The number of pyridine rings is 1. The van der Waals surface area contributed by atoms with Crippen molar-refractivity contribution in [3.05, 3.63) is 18.3 Å². The van der Waals surface area contributed by atoms with Crippen molar-refractivity contribution in [2.75, 3.05) is 5.32 Å². The van der Waals surface area contributed by atoms with Crippen molar-refractivity contribution < 1.29 is 19.4 Å². The van der Waals surface area contributed by atoms with Crippen molar-refractivity contribution in [1.82, 2.24) is 4.98 Å². The molecule has 1 aromatic heterocycles. The van der Waals surface area contributed by atoms with Gasteiger partial charge in [0.05, 0.1) is 0 Å². The Kier molecular flexibility index (Phi) is 1.85. The number of aromatic nitrogens is 1. The van der Waals surface area contributed by atoms with Gasteiger partial charge < -0.3 is 15.2 Å². The first-order valence-electron chi connectivity index (χ1n) is 4.23. The van der Waals surface area contributed by atoms with E-state index >= 15 is 0 Å². The van der Waals surface area contributed by atoms with Crippen LogP contribution in [0.3, 0.4) is 0 Å². The maximum atomic E-state index is 11.5. The zero-order chi connectivity index (χ0) is 11.1. The Hall–Kier alpha value is -2.11. The lowest BCUT2D eigenvalue weighted by atomic mass is 10.0. The predicted octanol–water partition coefficient (Wildman–Crippen LogP) is 0.256. The van der Waals surface area contributed by atoms with Crippen LogP contribution in [-0.2, 0) is 9.59 Å². The summed E-state index contributed by atoms with van der Waals surface area (Å²) < 4.78 is 5.12. The lowest BCUT2D eigenvalue weighted by Crippen LogP contribution is -2.54. The quantitative estimate of drug-likeness (QED) is 0.646. The van der Waals surface area contributed by atoms with Crippen LogP contribution in [0, 0.1) is 0 Å². The van der Waals surface area contributed by atoms with Gasteiger partial charge in [-0.3, -0.25) is 4.79 Å². The Morgan fingerprint density at radius 2 is 2.40 bits per heavy atom. The number of fused-ring (bicyclic) bond motifs is 1. The molecule has 1 aliphatic rings. The predicted molar refractivity (Wildman–Crippen MR) is 49.5 cm³/mol. The van der Waals surface area contributed by atoms with E-state index in [1.165, 1.54) is 13.1 Å². The number of aliphatic carboxylic acids is 1. The second kappa shape index (κ2) is 2.94. The molecule has 0 spiro atoms. The van der Waals surface area contributed by atoms with E-state index in [0.717, 1.165) is 0 Å². The van der Waals surface area contributed by atoms with E-state index in [2.05, 4.69) is 10.3 Å². The molecule has 0 radical (unpaired) electrons. The number of amides is 1. The molecule has 0 saturated carbocycles. The second-order valence-corrected chi connectivity index (χ2v) is 3.24. The van der Waals surface area contributed by atoms with Crippen molar-refractivity contribution in [2.45, 2.75) is 12.5 Å². The number of nitrogens with one attached hydrogen (secondary N) is 1. The van der Waals surface area contributed by atoms with Gasteiger partial charge in [0.2, 0.25) is 0 Å². The molecule has 0 aromatic carbocycles. The second-order valence-electron chi connectivity index (χ2n) is 3.24. The van der Waals surface area contributed by atoms with Gasteiger partial charge in [0.25, 0.3) is 11.5 Å². The van der Waals surface area contributed by atoms with Gasteiger partial charge in [-0.1, -0.05) is 0 Å². The van der Waals surface area contributed by atoms with Crippen LogP contribution in [0.4, 0.5) is 5.82 Å². The number of nitrogens with zero attached hydrogens (tertiary/aromatic N) is 1. The molecule has 0 aliphatic carbocycles. The number of carbonyl (C=O) groups is 2. The minimum atomic E-state index is -1.89. The molecule has 1 aliphatic heterocycles. The van der Waals surface area contributed by atoms with E-state index in [9.17, 15) is 9.59 Å². The first-order chi connectivity index (χ1) is 7.04. The largest absolute Gasteiger partial charge is 0.478 e. The number of carbonyl (C=O) groups excluding carboxylic acids is 1. The van der Waals surface area contributed by atoms with Crippen LogP contribution >= 0.6 is 0 Å². The fourth-order valence-electron chi connectivity index (χ4n) is 1.20. The first-order valence-corrected chi connectivity index (χ1v) is 4.23. The summed E-state index contributed by atoms with van der Waals surface area (Å²) in [5.41, 5.74) is -1.89. The number of carboxylic acid groups (broad SMARTS) is 1. The monoisotopic (exact) mass is 208 g/mol. The number of hydrogen-bond donors (Lipinski definition) is 2. The molecule has 0 unspecified atom stereocenters. The summed E-state index contributed by atoms with van der Waals surface area (Å²) in [7, 11) is 0. The zero-order valence-electron chi connectivity index (χ0n) is 7.85. The summed E-state index contributed by atoms with van der Waals surface area (Å²) in [5.74, 6) is -1.58. The van der Waals surface area contributed by atoms with Gasteiger partial charge in [0.15, 0.2) is 11.6 Å². The standard InChI is InChI=1S/C9H8N2O4/c1-9(8(13)14)7(12)11-6-5(15-9)3-2-4-10-6/h2-4H,1H3,(H,13,14)(H,10,11,12)/t9-/m1/s1. The molecule has 6 heteroatoms. The smallest absolute Gasteiger partial charge is 0.357 e. The Balaban J connectivity index is 2.46. The Morgan fingerprint density at radius 3 is 3.07 bits per heavy atom. The lowest BCUT2D eigenvalue weighted by Gasteiger charge is -2.30. The number of anilines is 1. The Morgan fingerprint density at radius 1 is 1.67 bits per heavy atom. The van der Waals surface area contributed by atoms with Crippen molar-refractivity contribution in [3.63, 3.8) is 0 Å². The molecule has 1 atom stereocenters. The molecule has 2 rings (SSSR count). The average molecular weight is 208 g/mol. The van der Waals surface area contributed by atoms with E-state index in [0.29, 0.717) is 0 Å². The van der Waals surface area contributed by atoms with Crippen LogP contribution in [0.5, 0.6) is 5.75 Å². The molecule has 1 amide bonds. The van der Waals surface area contributed by atoms with Crippen molar-refractivity contribution >= 4 is 17.7 Å². The van der Waals surface area contributed by atoms with Crippen LogP contribution in [0.25, 0.3) is 0 Å². The van der Waals surface area contributed by atoms with Gasteiger partial charge in [0.1, 0.15) is 0 Å². The van der Waals surface area contributed by atoms with Crippen molar-refractivity contribution in [1.29, 1.82) is 0 Å².